The van der Waals surface area contributed by atoms with Crippen molar-refractivity contribution in [3.8, 4) is 0 Å². The second kappa shape index (κ2) is 8.29. The molecule has 0 unspecified atom stereocenters. The number of ether oxygens (including phenoxy) is 1. The van der Waals surface area contributed by atoms with Crippen LogP contribution in [0.4, 0.5) is 11.6 Å². The molecule has 19 heavy (non-hydrogen) atoms. The molecule has 6 heteroatoms. The summed E-state index contributed by atoms with van der Waals surface area (Å²) in [5.41, 5.74) is 1.07. The molecule has 0 bridgehead atoms. The number of esters is 1. The molecule has 0 radical (unpaired) electrons. The van der Waals surface area contributed by atoms with Gasteiger partial charge in [0.05, 0.1) is 13.5 Å². The van der Waals surface area contributed by atoms with E-state index in [1.807, 2.05) is 6.92 Å². The van der Waals surface area contributed by atoms with E-state index in [1.165, 1.54) is 13.4 Å². The molecule has 0 saturated carbocycles. The Labute approximate surface area is 114 Å². The molecule has 0 spiro atoms. The van der Waals surface area contributed by atoms with Crippen LogP contribution in [0.15, 0.2) is 6.33 Å². The van der Waals surface area contributed by atoms with Gasteiger partial charge in [0, 0.05) is 18.7 Å². The van der Waals surface area contributed by atoms with Gasteiger partial charge in [0.1, 0.15) is 18.0 Å². The van der Waals surface area contributed by atoms with Gasteiger partial charge >= 0.3 is 5.97 Å². The summed E-state index contributed by atoms with van der Waals surface area (Å²) in [5.74, 6) is 1.42. The monoisotopic (exact) mass is 266 g/mol. The van der Waals surface area contributed by atoms with Crippen LogP contribution in [0, 0.1) is 0 Å². The number of aromatic nitrogens is 2. The maximum atomic E-state index is 11.1. The summed E-state index contributed by atoms with van der Waals surface area (Å²) >= 11 is 0. The zero-order chi connectivity index (χ0) is 14.1. The lowest BCUT2D eigenvalue weighted by molar-refractivity contribution is -0.140. The molecule has 0 aliphatic heterocycles. The minimum absolute atomic E-state index is 0.231. The van der Waals surface area contributed by atoms with E-state index in [2.05, 4.69) is 32.3 Å². The quantitative estimate of drug-likeness (QED) is 0.699. The van der Waals surface area contributed by atoms with Crippen molar-refractivity contribution < 1.29 is 9.53 Å². The summed E-state index contributed by atoms with van der Waals surface area (Å²) in [5, 5.41) is 6.40. The van der Waals surface area contributed by atoms with Gasteiger partial charge in [0.25, 0.3) is 0 Å². The molecule has 0 amide bonds. The van der Waals surface area contributed by atoms with Gasteiger partial charge in [-0.15, -0.1) is 0 Å². The van der Waals surface area contributed by atoms with Gasteiger partial charge in [-0.3, -0.25) is 4.79 Å². The number of anilines is 2. The standard InChI is InChI=1S/C13H22N4O2/c1-4-6-10-12(14-5-2)16-9-17-13(10)15-8-7-11(18)19-3/h9H,4-8H2,1-3H3,(H2,14,15,16,17). The topological polar surface area (TPSA) is 76.1 Å². The highest BCUT2D eigenvalue weighted by atomic mass is 16.5. The Balaban J connectivity index is 2.74. The average Bonchev–Trinajstić information content (AvgIpc) is 2.42. The van der Waals surface area contributed by atoms with Crippen LogP contribution in [0.3, 0.4) is 0 Å². The zero-order valence-corrected chi connectivity index (χ0v) is 11.8. The van der Waals surface area contributed by atoms with Crippen LogP contribution in [-0.2, 0) is 16.0 Å². The first-order valence-electron chi connectivity index (χ1n) is 6.61. The van der Waals surface area contributed by atoms with Gasteiger partial charge in [-0.25, -0.2) is 9.97 Å². The van der Waals surface area contributed by atoms with Crippen molar-refractivity contribution in [2.75, 3.05) is 30.8 Å². The number of rotatable bonds is 8. The molecule has 0 fully saturated rings. The van der Waals surface area contributed by atoms with E-state index < -0.39 is 0 Å². The van der Waals surface area contributed by atoms with E-state index in [9.17, 15) is 4.79 Å². The Morgan fingerprint density at radius 1 is 1.26 bits per heavy atom. The van der Waals surface area contributed by atoms with Crippen LogP contribution in [0.5, 0.6) is 0 Å². The lowest BCUT2D eigenvalue weighted by atomic mass is 10.1. The van der Waals surface area contributed by atoms with Crippen LogP contribution in [0.2, 0.25) is 0 Å². The lowest BCUT2D eigenvalue weighted by Crippen LogP contribution is -2.14. The highest BCUT2D eigenvalue weighted by molar-refractivity contribution is 5.70. The Bertz CT molecular complexity index is 410. The highest BCUT2D eigenvalue weighted by Gasteiger charge is 2.10. The van der Waals surface area contributed by atoms with E-state index in [4.69, 9.17) is 0 Å². The molecule has 0 aliphatic carbocycles. The lowest BCUT2D eigenvalue weighted by Gasteiger charge is -2.14. The van der Waals surface area contributed by atoms with Crippen LogP contribution in [-0.4, -0.2) is 36.1 Å². The van der Waals surface area contributed by atoms with Gasteiger partial charge in [0.15, 0.2) is 0 Å². The minimum Gasteiger partial charge on any atom is -0.469 e. The molecular weight excluding hydrogens is 244 g/mol. The molecule has 1 rings (SSSR count). The third-order valence-electron chi connectivity index (χ3n) is 2.64. The van der Waals surface area contributed by atoms with Crippen LogP contribution >= 0.6 is 0 Å². The van der Waals surface area contributed by atoms with Gasteiger partial charge in [-0.2, -0.15) is 0 Å². The molecular formula is C13H22N4O2. The summed E-state index contributed by atoms with van der Waals surface area (Å²) in [4.78, 5) is 19.6. The fourth-order valence-electron chi connectivity index (χ4n) is 1.76. The van der Waals surface area contributed by atoms with Crippen LogP contribution in [0.25, 0.3) is 0 Å². The molecule has 1 heterocycles. The van der Waals surface area contributed by atoms with E-state index in [0.29, 0.717) is 13.0 Å². The van der Waals surface area contributed by atoms with Crippen LogP contribution in [0.1, 0.15) is 32.3 Å². The molecule has 6 nitrogen and oxygen atoms in total. The Kier molecular flexibility index (Phi) is 6.63. The molecule has 1 aromatic rings. The fraction of sp³-hybridized carbons (Fsp3) is 0.615. The minimum atomic E-state index is -0.231. The van der Waals surface area contributed by atoms with Gasteiger partial charge < -0.3 is 15.4 Å². The van der Waals surface area contributed by atoms with Crippen LogP contribution < -0.4 is 10.6 Å². The molecule has 0 aromatic carbocycles. The van der Waals surface area contributed by atoms with Crippen molar-refractivity contribution in [2.24, 2.45) is 0 Å². The molecule has 1 aromatic heterocycles. The maximum absolute atomic E-state index is 11.1. The molecule has 0 aliphatic rings. The first-order chi connectivity index (χ1) is 9.22. The number of hydrogen-bond acceptors (Lipinski definition) is 6. The SMILES string of the molecule is CCCc1c(NCC)ncnc1NCCC(=O)OC. The highest BCUT2D eigenvalue weighted by Crippen LogP contribution is 2.21. The number of nitrogens with one attached hydrogen (secondary N) is 2. The summed E-state index contributed by atoms with van der Waals surface area (Å²) in [6, 6.07) is 0. The van der Waals surface area contributed by atoms with Crippen molar-refractivity contribution in [3.63, 3.8) is 0 Å². The van der Waals surface area contributed by atoms with E-state index in [1.54, 1.807) is 0 Å². The molecule has 0 atom stereocenters. The summed E-state index contributed by atoms with van der Waals surface area (Å²) < 4.78 is 4.60. The van der Waals surface area contributed by atoms with Crippen molar-refractivity contribution in [1.29, 1.82) is 0 Å². The normalized spacial score (nSPS) is 10.1. The third-order valence-corrected chi connectivity index (χ3v) is 2.64. The number of carbonyl (C=O) groups is 1. The third kappa shape index (κ3) is 4.73. The molecule has 2 N–H and O–H groups in total. The van der Waals surface area contributed by atoms with Gasteiger partial charge in [-0.1, -0.05) is 13.3 Å². The number of methoxy groups -OCH3 is 1. The maximum Gasteiger partial charge on any atom is 0.307 e. The summed E-state index contributed by atoms with van der Waals surface area (Å²) in [7, 11) is 1.39. The van der Waals surface area contributed by atoms with E-state index in [0.717, 1.165) is 36.6 Å². The van der Waals surface area contributed by atoms with Gasteiger partial charge in [0.2, 0.25) is 0 Å². The first-order valence-corrected chi connectivity index (χ1v) is 6.61. The Morgan fingerprint density at radius 2 is 1.95 bits per heavy atom. The zero-order valence-electron chi connectivity index (χ0n) is 11.8. The largest absolute Gasteiger partial charge is 0.469 e. The molecule has 106 valence electrons. The van der Waals surface area contributed by atoms with Crippen molar-refractivity contribution in [2.45, 2.75) is 33.1 Å². The Hall–Kier alpha value is -1.85. The second-order valence-corrected chi connectivity index (χ2v) is 4.08. The predicted molar refractivity (Wildman–Crippen MR) is 75.3 cm³/mol. The summed E-state index contributed by atoms with van der Waals surface area (Å²) in [6.45, 7) is 5.46. The molecule has 0 saturated heterocycles. The second-order valence-electron chi connectivity index (χ2n) is 4.08. The number of hydrogen-bond donors (Lipinski definition) is 2. The van der Waals surface area contributed by atoms with E-state index in [-0.39, 0.29) is 5.97 Å². The average molecular weight is 266 g/mol. The first kappa shape index (κ1) is 15.2. The van der Waals surface area contributed by atoms with Crippen molar-refractivity contribution >= 4 is 17.6 Å². The predicted octanol–water partition coefficient (Wildman–Crippen LogP) is 1.84. The Morgan fingerprint density at radius 3 is 2.53 bits per heavy atom. The van der Waals surface area contributed by atoms with Crippen molar-refractivity contribution in [1.82, 2.24) is 9.97 Å². The summed E-state index contributed by atoms with van der Waals surface area (Å²) in [6.07, 6.45) is 3.75. The van der Waals surface area contributed by atoms with Gasteiger partial charge in [-0.05, 0) is 13.3 Å². The van der Waals surface area contributed by atoms with E-state index >= 15 is 0 Å². The number of carbonyl (C=O) groups excluding carboxylic acids is 1. The smallest absolute Gasteiger partial charge is 0.307 e. The fourth-order valence-corrected chi connectivity index (χ4v) is 1.76. The van der Waals surface area contributed by atoms with Crippen molar-refractivity contribution in [3.05, 3.63) is 11.9 Å². The number of nitrogens with zero attached hydrogens (tertiary/aromatic N) is 2.